The number of methoxy groups -OCH3 is 1. The Hall–Kier alpha value is -2.82. The van der Waals surface area contributed by atoms with Crippen molar-refractivity contribution in [2.24, 2.45) is 0 Å². The first-order chi connectivity index (χ1) is 11.5. The Morgan fingerprint density at radius 1 is 1.00 bits per heavy atom. The maximum Gasteiger partial charge on any atom is 0.242 e. The number of anilines is 1. The van der Waals surface area contributed by atoms with E-state index in [2.05, 4.69) is 0 Å². The molecule has 0 spiro atoms. The molecule has 0 unspecified atom stereocenters. The van der Waals surface area contributed by atoms with Crippen molar-refractivity contribution < 1.29 is 14.3 Å². The van der Waals surface area contributed by atoms with Crippen LogP contribution in [0.15, 0.2) is 54.6 Å². The average molecular weight is 326 g/mol. The van der Waals surface area contributed by atoms with Gasteiger partial charge in [0, 0.05) is 26.2 Å². The van der Waals surface area contributed by atoms with Gasteiger partial charge >= 0.3 is 0 Å². The van der Waals surface area contributed by atoms with Crippen LogP contribution in [0.4, 0.5) is 5.69 Å². The lowest BCUT2D eigenvalue weighted by atomic mass is 10.2. The predicted molar refractivity (Wildman–Crippen MR) is 93.9 cm³/mol. The summed E-state index contributed by atoms with van der Waals surface area (Å²) in [4.78, 5) is 27.5. The Bertz CT molecular complexity index is 684. The second-order valence-corrected chi connectivity index (χ2v) is 5.54. The monoisotopic (exact) mass is 326 g/mol. The molecule has 0 atom stereocenters. The van der Waals surface area contributed by atoms with Crippen LogP contribution in [-0.4, -0.2) is 37.4 Å². The molecule has 0 aromatic heterocycles. The third kappa shape index (κ3) is 4.59. The Kier molecular flexibility index (Phi) is 5.95. The van der Waals surface area contributed by atoms with Crippen molar-refractivity contribution in [2.75, 3.05) is 25.6 Å². The third-order valence-corrected chi connectivity index (χ3v) is 3.75. The number of rotatable bonds is 6. The van der Waals surface area contributed by atoms with Crippen molar-refractivity contribution in [3.8, 4) is 5.75 Å². The average Bonchev–Trinajstić information content (AvgIpc) is 2.60. The summed E-state index contributed by atoms with van der Waals surface area (Å²) in [6, 6.07) is 16.8. The van der Waals surface area contributed by atoms with E-state index in [1.165, 1.54) is 11.8 Å². The second kappa shape index (κ2) is 8.15. The van der Waals surface area contributed by atoms with Gasteiger partial charge in [-0.1, -0.05) is 30.3 Å². The number of carbonyl (C=O) groups is 2. The van der Waals surface area contributed by atoms with E-state index in [4.69, 9.17) is 4.74 Å². The summed E-state index contributed by atoms with van der Waals surface area (Å²) < 4.78 is 5.12. The number of carbonyl (C=O) groups excluding carboxylic acids is 2. The van der Waals surface area contributed by atoms with Gasteiger partial charge in [-0.3, -0.25) is 9.59 Å². The minimum Gasteiger partial charge on any atom is -0.497 e. The highest BCUT2D eigenvalue weighted by Crippen LogP contribution is 2.19. The maximum atomic E-state index is 12.5. The van der Waals surface area contributed by atoms with Gasteiger partial charge in [0.05, 0.1) is 7.11 Å². The van der Waals surface area contributed by atoms with Crippen LogP contribution in [0.25, 0.3) is 0 Å². The van der Waals surface area contributed by atoms with Crippen LogP contribution in [0.3, 0.4) is 0 Å². The van der Waals surface area contributed by atoms with Crippen LogP contribution in [0, 0.1) is 0 Å². The van der Waals surface area contributed by atoms with Crippen LogP contribution in [0.2, 0.25) is 0 Å². The maximum absolute atomic E-state index is 12.5. The van der Waals surface area contributed by atoms with Gasteiger partial charge in [0.15, 0.2) is 0 Å². The van der Waals surface area contributed by atoms with Crippen molar-refractivity contribution in [2.45, 2.75) is 13.5 Å². The van der Waals surface area contributed by atoms with E-state index >= 15 is 0 Å². The number of ether oxygens (including phenoxy) is 1. The normalized spacial score (nSPS) is 10.1. The summed E-state index contributed by atoms with van der Waals surface area (Å²) in [5.74, 6) is 0.404. The van der Waals surface area contributed by atoms with E-state index in [9.17, 15) is 9.59 Å². The molecule has 0 saturated carbocycles. The number of nitrogens with zero attached hydrogens (tertiary/aromatic N) is 2. The lowest BCUT2D eigenvalue weighted by molar-refractivity contribution is -0.130. The van der Waals surface area contributed by atoms with Gasteiger partial charge in [-0.05, 0) is 29.8 Å². The highest BCUT2D eigenvalue weighted by atomic mass is 16.5. The number of hydrogen-bond donors (Lipinski definition) is 0. The topological polar surface area (TPSA) is 49.9 Å². The number of amides is 2. The third-order valence-electron chi connectivity index (χ3n) is 3.75. The Morgan fingerprint density at radius 2 is 1.62 bits per heavy atom. The van der Waals surface area contributed by atoms with Gasteiger partial charge in [0.25, 0.3) is 0 Å². The van der Waals surface area contributed by atoms with Crippen molar-refractivity contribution in [1.82, 2.24) is 4.90 Å². The molecular weight excluding hydrogens is 304 g/mol. The fraction of sp³-hybridized carbons (Fsp3) is 0.263. The Labute approximate surface area is 142 Å². The van der Waals surface area contributed by atoms with E-state index in [0.29, 0.717) is 18.0 Å². The van der Waals surface area contributed by atoms with Crippen LogP contribution >= 0.6 is 0 Å². The largest absolute Gasteiger partial charge is 0.497 e. The first-order valence-electron chi connectivity index (χ1n) is 7.71. The number of benzene rings is 2. The van der Waals surface area contributed by atoms with Crippen molar-refractivity contribution in [3.05, 3.63) is 60.2 Å². The fourth-order valence-corrected chi connectivity index (χ4v) is 2.35. The molecule has 2 aromatic rings. The first-order valence-corrected chi connectivity index (χ1v) is 7.71. The number of hydrogen-bond acceptors (Lipinski definition) is 3. The second-order valence-electron chi connectivity index (χ2n) is 5.54. The molecule has 0 heterocycles. The Balaban J connectivity index is 2.06. The standard InChI is InChI=1S/C19H22N2O3/c1-15(22)21(17-9-11-18(24-3)12-10-17)14-19(23)20(2)13-16-7-5-4-6-8-16/h4-12H,13-14H2,1-3H3. The molecule has 0 fully saturated rings. The highest BCUT2D eigenvalue weighted by Gasteiger charge is 2.18. The molecule has 126 valence electrons. The molecular formula is C19H22N2O3. The van der Waals surface area contributed by atoms with E-state index < -0.39 is 0 Å². The first kappa shape index (κ1) is 17.5. The van der Waals surface area contributed by atoms with E-state index in [1.54, 1.807) is 43.3 Å². The molecule has 5 heteroatoms. The molecule has 0 saturated heterocycles. The Morgan fingerprint density at radius 3 is 2.17 bits per heavy atom. The van der Waals surface area contributed by atoms with Gasteiger partial charge in [0.2, 0.25) is 11.8 Å². The molecule has 0 N–H and O–H groups in total. The summed E-state index contributed by atoms with van der Waals surface area (Å²) >= 11 is 0. The van der Waals surface area contributed by atoms with E-state index in [-0.39, 0.29) is 18.4 Å². The molecule has 2 rings (SSSR count). The molecule has 0 aliphatic rings. The summed E-state index contributed by atoms with van der Waals surface area (Å²) in [6.45, 7) is 1.97. The SMILES string of the molecule is COc1ccc(N(CC(=O)N(C)Cc2ccccc2)C(C)=O)cc1. The van der Waals surface area contributed by atoms with Crippen LogP contribution in [0.5, 0.6) is 5.75 Å². The van der Waals surface area contributed by atoms with Gasteiger partial charge in [-0.2, -0.15) is 0 Å². The minimum atomic E-state index is -0.179. The zero-order valence-electron chi connectivity index (χ0n) is 14.2. The van der Waals surface area contributed by atoms with Crippen molar-refractivity contribution in [1.29, 1.82) is 0 Å². The summed E-state index contributed by atoms with van der Waals surface area (Å²) in [5.41, 5.74) is 1.72. The molecule has 24 heavy (non-hydrogen) atoms. The molecule has 5 nitrogen and oxygen atoms in total. The summed E-state index contributed by atoms with van der Waals surface area (Å²) in [7, 11) is 3.32. The molecule has 0 bridgehead atoms. The zero-order chi connectivity index (χ0) is 17.5. The van der Waals surface area contributed by atoms with Crippen molar-refractivity contribution in [3.63, 3.8) is 0 Å². The van der Waals surface area contributed by atoms with Crippen LogP contribution in [0.1, 0.15) is 12.5 Å². The molecule has 0 radical (unpaired) electrons. The van der Waals surface area contributed by atoms with Crippen molar-refractivity contribution >= 4 is 17.5 Å². The van der Waals surface area contributed by atoms with Crippen LogP contribution in [-0.2, 0) is 16.1 Å². The van der Waals surface area contributed by atoms with E-state index in [0.717, 1.165) is 5.56 Å². The smallest absolute Gasteiger partial charge is 0.242 e. The number of likely N-dealkylation sites (N-methyl/N-ethyl adjacent to an activating group) is 1. The van der Waals surface area contributed by atoms with Gasteiger partial charge in [0.1, 0.15) is 12.3 Å². The zero-order valence-corrected chi connectivity index (χ0v) is 14.2. The molecule has 2 amide bonds. The van der Waals surface area contributed by atoms with Gasteiger partial charge in [-0.25, -0.2) is 0 Å². The van der Waals surface area contributed by atoms with E-state index in [1.807, 2.05) is 30.3 Å². The van der Waals surface area contributed by atoms with Gasteiger partial charge < -0.3 is 14.5 Å². The summed E-state index contributed by atoms with van der Waals surface area (Å²) in [6.07, 6.45) is 0. The minimum absolute atomic E-state index is 0.00496. The predicted octanol–water partition coefficient (Wildman–Crippen LogP) is 2.71. The molecule has 0 aliphatic heterocycles. The lowest BCUT2D eigenvalue weighted by Gasteiger charge is -2.24. The van der Waals surface area contributed by atoms with Gasteiger partial charge in [-0.15, -0.1) is 0 Å². The molecule has 0 aliphatic carbocycles. The molecule has 2 aromatic carbocycles. The quantitative estimate of drug-likeness (QED) is 0.820. The van der Waals surface area contributed by atoms with Crippen LogP contribution < -0.4 is 9.64 Å². The summed E-state index contributed by atoms with van der Waals surface area (Å²) in [5, 5.41) is 0. The highest BCUT2D eigenvalue weighted by molar-refractivity contribution is 5.97. The lowest BCUT2D eigenvalue weighted by Crippen LogP contribution is -2.40. The fourth-order valence-electron chi connectivity index (χ4n) is 2.35.